The van der Waals surface area contributed by atoms with Gasteiger partial charge in [-0.15, -0.1) is 24.7 Å². The van der Waals surface area contributed by atoms with E-state index in [2.05, 4.69) is 25.7 Å². The Kier molecular flexibility index (Phi) is 5.40. The van der Waals surface area contributed by atoms with Gasteiger partial charge in [0.25, 0.3) is 0 Å². The summed E-state index contributed by atoms with van der Waals surface area (Å²) in [5.41, 5.74) is 0. The van der Waals surface area contributed by atoms with E-state index in [0.717, 1.165) is 19.3 Å². The number of rotatable bonds is 4. The lowest BCUT2D eigenvalue weighted by molar-refractivity contribution is 0.517. The first-order valence-electron chi connectivity index (χ1n) is 4.16. The Morgan fingerprint density at radius 1 is 1.18 bits per heavy atom. The molecule has 0 aromatic heterocycles. The molecule has 0 spiro atoms. The summed E-state index contributed by atoms with van der Waals surface area (Å²) >= 11 is 0. The zero-order chi connectivity index (χ0) is 8.69. The van der Waals surface area contributed by atoms with Crippen LogP contribution in [-0.2, 0) is 0 Å². The minimum absolute atomic E-state index is 0.373. The van der Waals surface area contributed by atoms with Gasteiger partial charge < -0.3 is 0 Å². The van der Waals surface area contributed by atoms with Crippen molar-refractivity contribution in [2.75, 3.05) is 0 Å². The van der Waals surface area contributed by atoms with Crippen LogP contribution < -0.4 is 0 Å². The summed E-state index contributed by atoms with van der Waals surface area (Å²) in [7, 11) is 0. The predicted molar refractivity (Wildman–Crippen MR) is 49.8 cm³/mol. The van der Waals surface area contributed by atoms with Crippen LogP contribution in [0.4, 0.5) is 0 Å². The predicted octanol–water partition coefficient (Wildman–Crippen LogP) is 2.70. The first kappa shape index (κ1) is 10.1. The van der Waals surface area contributed by atoms with E-state index >= 15 is 0 Å². The molecule has 11 heavy (non-hydrogen) atoms. The topological polar surface area (TPSA) is 0 Å². The Balaban J connectivity index is 3.54. The van der Waals surface area contributed by atoms with Gasteiger partial charge in [0.05, 0.1) is 0 Å². The van der Waals surface area contributed by atoms with E-state index in [1.54, 1.807) is 0 Å². The quantitative estimate of drug-likeness (QED) is 0.538. The highest BCUT2D eigenvalue weighted by Crippen LogP contribution is 2.13. The maximum atomic E-state index is 5.31. The molecule has 0 rings (SSSR count). The van der Waals surface area contributed by atoms with Gasteiger partial charge in [-0.05, 0) is 19.3 Å². The van der Waals surface area contributed by atoms with E-state index in [0.29, 0.717) is 11.8 Å². The molecular formula is C11H16. The molecule has 0 amide bonds. The van der Waals surface area contributed by atoms with Gasteiger partial charge in [0.1, 0.15) is 0 Å². The van der Waals surface area contributed by atoms with Crippen LogP contribution in [0.2, 0.25) is 0 Å². The standard InChI is InChI=1S/C11H16/c1-5-10(4)8-9-11(6-2)7-3/h1-2,10-11H,7-9H2,3-4H3. The molecule has 0 saturated carbocycles. The highest BCUT2D eigenvalue weighted by Gasteiger charge is 2.03. The Bertz CT molecular complexity index is 165. The molecule has 0 aliphatic rings. The fourth-order valence-electron chi connectivity index (χ4n) is 0.940. The summed E-state index contributed by atoms with van der Waals surface area (Å²) in [5.74, 6) is 6.26. The van der Waals surface area contributed by atoms with Crippen molar-refractivity contribution in [2.45, 2.75) is 33.1 Å². The average molecular weight is 148 g/mol. The molecule has 2 atom stereocenters. The molecule has 0 aromatic carbocycles. The molecule has 0 aliphatic heterocycles. The van der Waals surface area contributed by atoms with Crippen molar-refractivity contribution < 1.29 is 0 Å². The van der Waals surface area contributed by atoms with Crippen LogP contribution in [0, 0.1) is 36.5 Å². The molecule has 0 fully saturated rings. The second-order valence-corrected chi connectivity index (χ2v) is 2.92. The van der Waals surface area contributed by atoms with Crippen molar-refractivity contribution in [3.05, 3.63) is 0 Å². The summed E-state index contributed by atoms with van der Waals surface area (Å²) in [4.78, 5) is 0. The van der Waals surface area contributed by atoms with Crippen molar-refractivity contribution in [2.24, 2.45) is 11.8 Å². The molecule has 60 valence electrons. The summed E-state index contributed by atoms with van der Waals surface area (Å²) in [6, 6.07) is 0. The van der Waals surface area contributed by atoms with Crippen LogP contribution in [0.5, 0.6) is 0 Å². The van der Waals surface area contributed by atoms with Gasteiger partial charge in [-0.3, -0.25) is 0 Å². The molecule has 2 unspecified atom stereocenters. The average Bonchev–Trinajstić information content (AvgIpc) is 2.06. The third-order valence-electron chi connectivity index (χ3n) is 1.96. The first-order valence-corrected chi connectivity index (χ1v) is 4.16. The number of hydrogen-bond acceptors (Lipinski definition) is 0. The van der Waals surface area contributed by atoms with E-state index in [1.807, 2.05) is 0 Å². The summed E-state index contributed by atoms with van der Waals surface area (Å²) < 4.78 is 0. The van der Waals surface area contributed by atoms with E-state index in [-0.39, 0.29) is 0 Å². The van der Waals surface area contributed by atoms with Gasteiger partial charge in [0.15, 0.2) is 0 Å². The smallest absolute Gasteiger partial charge is 0.0198 e. The third kappa shape index (κ3) is 4.51. The van der Waals surface area contributed by atoms with Gasteiger partial charge in [-0.1, -0.05) is 13.8 Å². The van der Waals surface area contributed by atoms with Crippen LogP contribution in [0.25, 0.3) is 0 Å². The lowest BCUT2D eigenvalue weighted by Crippen LogP contribution is -1.98. The molecule has 0 radical (unpaired) electrons. The van der Waals surface area contributed by atoms with Crippen LogP contribution in [-0.4, -0.2) is 0 Å². The lowest BCUT2D eigenvalue weighted by atomic mass is 9.96. The Morgan fingerprint density at radius 3 is 2.18 bits per heavy atom. The Hall–Kier alpha value is -0.880. The normalized spacial score (nSPS) is 14.5. The minimum Gasteiger partial charge on any atom is -0.120 e. The maximum Gasteiger partial charge on any atom is 0.0198 e. The Morgan fingerprint density at radius 2 is 1.82 bits per heavy atom. The van der Waals surface area contributed by atoms with Crippen LogP contribution in [0.15, 0.2) is 0 Å². The molecular weight excluding hydrogens is 132 g/mol. The molecule has 0 bridgehead atoms. The van der Waals surface area contributed by atoms with Gasteiger partial charge in [0.2, 0.25) is 0 Å². The maximum absolute atomic E-state index is 5.31. The highest BCUT2D eigenvalue weighted by atomic mass is 14.1. The van der Waals surface area contributed by atoms with Crippen LogP contribution >= 0.6 is 0 Å². The van der Waals surface area contributed by atoms with Crippen molar-refractivity contribution in [1.29, 1.82) is 0 Å². The van der Waals surface area contributed by atoms with Gasteiger partial charge in [0, 0.05) is 11.8 Å². The van der Waals surface area contributed by atoms with Gasteiger partial charge in [-0.25, -0.2) is 0 Å². The minimum atomic E-state index is 0.373. The lowest BCUT2D eigenvalue weighted by Gasteiger charge is -2.08. The van der Waals surface area contributed by atoms with E-state index in [9.17, 15) is 0 Å². The Labute approximate surface area is 70.4 Å². The zero-order valence-corrected chi connectivity index (χ0v) is 7.43. The third-order valence-corrected chi connectivity index (χ3v) is 1.96. The molecule has 0 nitrogen and oxygen atoms in total. The summed E-state index contributed by atoms with van der Waals surface area (Å²) in [6.45, 7) is 4.17. The molecule has 0 heteroatoms. The summed E-state index contributed by atoms with van der Waals surface area (Å²) in [6.07, 6.45) is 13.7. The van der Waals surface area contributed by atoms with Crippen molar-refractivity contribution in [1.82, 2.24) is 0 Å². The largest absolute Gasteiger partial charge is 0.120 e. The second-order valence-electron chi connectivity index (χ2n) is 2.92. The van der Waals surface area contributed by atoms with Crippen molar-refractivity contribution in [3.63, 3.8) is 0 Å². The number of hydrogen-bond donors (Lipinski definition) is 0. The van der Waals surface area contributed by atoms with Crippen molar-refractivity contribution in [3.8, 4) is 24.7 Å². The second kappa shape index (κ2) is 5.87. The number of terminal acetylenes is 2. The van der Waals surface area contributed by atoms with Gasteiger partial charge in [-0.2, -0.15) is 0 Å². The van der Waals surface area contributed by atoms with Crippen molar-refractivity contribution >= 4 is 0 Å². The zero-order valence-electron chi connectivity index (χ0n) is 7.43. The molecule has 0 aromatic rings. The van der Waals surface area contributed by atoms with Crippen LogP contribution in [0.3, 0.4) is 0 Å². The van der Waals surface area contributed by atoms with E-state index in [4.69, 9.17) is 12.8 Å². The van der Waals surface area contributed by atoms with E-state index < -0.39 is 0 Å². The highest BCUT2D eigenvalue weighted by molar-refractivity contribution is 4.95. The first-order chi connectivity index (χ1) is 5.24. The van der Waals surface area contributed by atoms with Gasteiger partial charge >= 0.3 is 0 Å². The fourth-order valence-corrected chi connectivity index (χ4v) is 0.940. The monoisotopic (exact) mass is 148 g/mol. The molecule has 0 N–H and O–H groups in total. The van der Waals surface area contributed by atoms with E-state index in [1.165, 1.54) is 0 Å². The SMILES string of the molecule is C#CC(C)CCC(C#C)CC. The summed E-state index contributed by atoms with van der Waals surface area (Å²) in [5, 5.41) is 0. The molecule has 0 heterocycles. The fraction of sp³-hybridized carbons (Fsp3) is 0.636. The molecule has 0 saturated heterocycles. The molecule has 0 aliphatic carbocycles. The van der Waals surface area contributed by atoms with Crippen LogP contribution in [0.1, 0.15) is 33.1 Å².